The molecule has 2 aromatic rings. The van der Waals surface area contributed by atoms with E-state index in [2.05, 4.69) is 10.3 Å². The molecular weight excluding hydrogens is 247 g/mol. The van der Waals surface area contributed by atoms with Crippen molar-refractivity contribution in [2.45, 2.75) is 6.92 Å². The highest BCUT2D eigenvalue weighted by atomic mass is 19.1. The highest BCUT2D eigenvalue weighted by Gasteiger charge is 2.07. The molecule has 2 rings (SSSR count). The van der Waals surface area contributed by atoms with Crippen molar-refractivity contribution in [3.63, 3.8) is 0 Å². The van der Waals surface area contributed by atoms with Crippen LogP contribution in [0.25, 0.3) is 0 Å². The first kappa shape index (κ1) is 13.0. The molecule has 19 heavy (non-hydrogen) atoms. The molecule has 1 aromatic carbocycles. The summed E-state index contributed by atoms with van der Waals surface area (Å²) in [5.41, 5.74) is 1.72. The molecule has 1 N–H and O–H groups in total. The normalized spacial score (nSPS) is 10.0. The topological polar surface area (TPSA) is 51.2 Å². The van der Waals surface area contributed by atoms with Crippen LogP contribution in [-0.4, -0.2) is 17.5 Å². The van der Waals surface area contributed by atoms with Gasteiger partial charge in [0.1, 0.15) is 0 Å². The molecule has 0 fully saturated rings. The second-order valence-electron chi connectivity index (χ2n) is 4.00. The van der Waals surface area contributed by atoms with Crippen molar-refractivity contribution in [2.75, 3.05) is 11.9 Å². The number of pyridine rings is 1. The van der Waals surface area contributed by atoms with Gasteiger partial charge in [-0.25, -0.2) is 4.98 Å². The van der Waals surface area contributed by atoms with Gasteiger partial charge in [-0.1, -0.05) is 12.1 Å². The fraction of sp³-hybridized carbons (Fsp3) is 0.143. The average Bonchev–Trinajstić information content (AvgIpc) is 2.38. The maximum atomic E-state index is 13.2. The largest absolute Gasteiger partial charge is 0.479 e. The smallest absolute Gasteiger partial charge is 0.262 e. The van der Waals surface area contributed by atoms with Gasteiger partial charge in [0.25, 0.3) is 11.9 Å². The third kappa shape index (κ3) is 3.77. The number of carbonyl (C=O) groups is 1. The van der Waals surface area contributed by atoms with E-state index in [9.17, 15) is 9.18 Å². The van der Waals surface area contributed by atoms with E-state index >= 15 is 0 Å². The summed E-state index contributed by atoms with van der Waals surface area (Å²) in [6.07, 6.45) is 1.31. The molecule has 1 amide bonds. The first-order valence-corrected chi connectivity index (χ1v) is 5.75. The van der Waals surface area contributed by atoms with Crippen LogP contribution in [0.4, 0.5) is 10.1 Å². The molecule has 0 bridgehead atoms. The monoisotopic (exact) mass is 260 g/mol. The van der Waals surface area contributed by atoms with E-state index < -0.39 is 5.95 Å². The molecule has 0 saturated carbocycles. The molecule has 1 heterocycles. The Morgan fingerprint density at radius 2 is 2.21 bits per heavy atom. The molecule has 0 aliphatic rings. The number of nitrogens with zero attached hydrogens (tertiary/aromatic N) is 1. The van der Waals surface area contributed by atoms with Gasteiger partial charge >= 0.3 is 0 Å². The first-order valence-electron chi connectivity index (χ1n) is 5.75. The number of ether oxygens (including phenoxy) is 1. The van der Waals surface area contributed by atoms with Gasteiger partial charge in [-0.15, -0.1) is 0 Å². The molecule has 0 atom stereocenters. The van der Waals surface area contributed by atoms with E-state index in [4.69, 9.17) is 4.74 Å². The van der Waals surface area contributed by atoms with Crippen LogP contribution in [0.15, 0.2) is 42.6 Å². The van der Waals surface area contributed by atoms with Crippen molar-refractivity contribution in [1.82, 2.24) is 4.98 Å². The van der Waals surface area contributed by atoms with Gasteiger partial charge in [0, 0.05) is 11.9 Å². The Hall–Kier alpha value is -2.43. The average molecular weight is 260 g/mol. The number of halogens is 1. The van der Waals surface area contributed by atoms with Crippen LogP contribution in [0.5, 0.6) is 5.75 Å². The highest BCUT2D eigenvalue weighted by Crippen LogP contribution is 2.13. The number of nitrogens with one attached hydrogen (secondary N) is 1. The summed E-state index contributed by atoms with van der Waals surface area (Å²) in [5.74, 6) is -1.12. The molecule has 4 nitrogen and oxygen atoms in total. The zero-order valence-electron chi connectivity index (χ0n) is 10.4. The molecule has 0 radical (unpaired) electrons. The van der Waals surface area contributed by atoms with E-state index in [-0.39, 0.29) is 18.3 Å². The van der Waals surface area contributed by atoms with E-state index in [1.165, 1.54) is 18.3 Å². The molecule has 0 unspecified atom stereocenters. The minimum atomic E-state index is -0.731. The SMILES string of the molecule is Cc1cccc(NC(=O)COc2cccnc2F)c1. The third-order valence-electron chi connectivity index (χ3n) is 2.39. The number of carbonyl (C=O) groups excluding carboxylic acids is 1. The number of anilines is 1. The minimum Gasteiger partial charge on any atom is -0.479 e. The summed E-state index contributed by atoms with van der Waals surface area (Å²) in [5, 5.41) is 2.67. The number of hydrogen-bond donors (Lipinski definition) is 1. The molecule has 0 saturated heterocycles. The van der Waals surface area contributed by atoms with Crippen LogP contribution < -0.4 is 10.1 Å². The molecule has 1 aromatic heterocycles. The van der Waals surface area contributed by atoms with Crippen molar-refractivity contribution in [2.24, 2.45) is 0 Å². The van der Waals surface area contributed by atoms with Crippen LogP contribution in [0.1, 0.15) is 5.56 Å². The van der Waals surface area contributed by atoms with Crippen molar-refractivity contribution < 1.29 is 13.9 Å². The van der Waals surface area contributed by atoms with Crippen molar-refractivity contribution in [3.05, 3.63) is 54.1 Å². The van der Waals surface area contributed by atoms with Crippen LogP contribution in [0.2, 0.25) is 0 Å². The van der Waals surface area contributed by atoms with Gasteiger partial charge in [0.2, 0.25) is 0 Å². The zero-order chi connectivity index (χ0) is 13.7. The van der Waals surface area contributed by atoms with Crippen molar-refractivity contribution in [3.8, 4) is 5.75 Å². The van der Waals surface area contributed by atoms with E-state index in [0.717, 1.165) is 5.56 Å². The second-order valence-corrected chi connectivity index (χ2v) is 4.00. The van der Waals surface area contributed by atoms with Gasteiger partial charge in [-0.3, -0.25) is 4.79 Å². The van der Waals surface area contributed by atoms with Crippen molar-refractivity contribution >= 4 is 11.6 Å². The zero-order valence-corrected chi connectivity index (χ0v) is 10.4. The molecule has 0 spiro atoms. The number of benzene rings is 1. The fourth-order valence-electron chi connectivity index (χ4n) is 1.54. The number of rotatable bonds is 4. The molecule has 0 aliphatic carbocycles. The minimum absolute atomic E-state index is 0.0399. The van der Waals surface area contributed by atoms with Crippen molar-refractivity contribution in [1.29, 1.82) is 0 Å². The number of aromatic nitrogens is 1. The number of hydrogen-bond acceptors (Lipinski definition) is 3. The Morgan fingerprint density at radius 3 is 2.95 bits per heavy atom. The summed E-state index contributed by atoms with van der Waals surface area (Å²) < 4.78 is 18.2. The number of aryl methyl sites for hydroxylation is 1. The van der Waals surface area contributed by atoms with Gasteiger partial charge in [-0.2, -0.15) is 4.39 Å². The summed E-state index contributed by atoms with van der Waals surface area (Å²) in [7, 11) is 0. The van der Waals surface area contributed by atoms with Gasteiger partial charge in [0.15, 0.2) is 12.4 Å². The lowest BCUT2D eigenvalue weighted by molar-refractivity contribution is -0.118. The maximum absolute atomic E-state index is 13.2. The van der Waals surface area contributed by atoms with Crippen LogP contribution >= 0.6 is 0 Å². The lowest BCUT2D eigenvalue weighted by Crippen LogP contribution is -2.20. The fourth-order valence-corrected chi connectivity index (χ4v) is 1.54. The Labute approximate surface area is 110 Å². The highest BCUT2D eigenvalue weighted by molar-refractivity contribution is 5.91. The predicted octanol–water partition coefficient (Wildman–Crippen LogP) is 2.55. The first-order chi connectivity index (χ1) is 9.15. The van der Waals surface area contributed by atoms with Crippen LogP contribution in [0, 0.1) is 12.9 Å². The van der Waals surface area contributed by atoms with Gasteiger partial charge in [0.05, 0.1) is 0 Å². The lowest BCUT2D eigenvalue weighted by Gasteiger charge is -2.08. The number of amides is 1. The van der Waals surface area contributed by atoms with Gasteiger partial charge < -0.3 is 10.1 Å². The van der Waals surface area contributed by atoms with Crippen LogP contribution in [0.3, 0.4) is 0 Å². The molecule has 98 valence electrons. The van der Waals surface area contributed by atoms with E-state index in [1.807, 2.05) is 25.1 Å². The maximum Gasteiger partial charge on any atom is 0.262 e. The standard InChI is InChI=1S/C14H13FN2O2/c1-10-4-2-5-11(8-10)17-13(18)9-19-12-6-3-7-16-14(12)15/h2-8H,9H2,1H3,(H,17,18). The molecule has 5 heteroatoms. The Morgan fingerprint density at radius 1 is 1.37 bits per heavy atom. The quantitative estimate of drug-likeness (QED) is 0.859. The molecule has 0 aliphatic heterocycles. The van der Waals surface area contributed by atoms with E-state index in [1.54, 1.807) is 6.07 Å². The Bertz CT molecular complexity index is 587. The third-order valence-corrected chi connectivity index (χ3v) is 2.39. The summed E-state index contributed by atoms with van der Waals surface area (Å²) in [6, 6.07) is 10.3. The van der Waals surface area contributed by atoms with Crippen LogP contribution in [-0.2, 0) is 4.79 Å². The summed E-state index contributed by atoms with van der Waals surface area (Å²) in [6.45, 7) is 1.66. The summed E-state index contributed by atoms with van der Waals surface area (Å²) >= 11 is 0. The lowest BCUT2D eigenvalue weighted by atomic mass is 10.2. The van der Waals surface area contributed by atoms with E-state index in [0.29, 0.717) is 5.69 Å². The summed E-state index contributed by atoms with van der Waals surface area (Å²) in [4.78, 5) is 15.1. The van der Waals surface area contributed by atoms with Gasteiger partial charge in [-0.05, 0) is 36.8 Å². The Kier molecular flexibility index (Phi) is 4.07. The molecular formula is C14H13FN2O2. The predicted molar refractivity (Wildman–Crippen MR) is 69.5 cm³/mol. The second kappa shape index (κ2) is 5.95. The Balaban J connectivity index is 1.90.